The predicted octanol–water partition coefficient (Wildman–Crippen LogP) is 3.73. The Morgan fingerprint density at radius 2 is 1.76 bits per heavy atom. The maximum atomic E-state index is 5.59. The molecule has 0 radical (unpaired) electrons. The smallest absolute Gasteiger partial charge is 0.213 e. The van der Waals surface area contributed by atoms with Gasteiger partial charge in [0.1, 0.15) is 30.5 Å². The lowest BCUT2D eigenvalue weighted by Crippen LogP contribution is -2.13. The Morgan fingerprint density at radius 1 is 0.920 bits per heavy atom. The van der Waals surface area contributed by atoms with Gasteiger partial charge in [-0.15, -0.1) is 0 Å². The average Bonchev–Trinajstić information content (AvgIpc) is 3.06. The molecule has 2 aromatic heterocycles. The Kier molecular flexibility index (Phi) is 6.06. The van der Waals surface area contributed by atoms with Gasteiger partial charge in [0.2, 0.25) is 5.88 Å². The summed E-state index contributed by atoms with van der Waals surface area (Å²) in [5, 5.41) is 3.33. The summed E-state index contributed by atoms with van der Waals surface area (Å²) >= 11 is 0. The van der Waals surface area contributed by atoms with Gasteiger partial charge in [-0.2, -0.15) is 0 Å². The number of benzene rings is 1. The first-order chi connectivity index (χ1) is 12.3. The van der Waals surface area contributed by atoms with Gasteiger partial charge in [0, 0.05) is 18.8 Å². The molecule has 0 amide bonds. The van der Waals surface area contributed by atoms with Crippen LogP contribution in [0, 0.1) is 6.92 Å². The fraction of sp³-hybridized carbons (Fsp3) is 0.250. The Morgan fingerprint density at radius 3 is 2.48 bits per heavy atom. The van der Waals surface area contributed by atoms with E-state index in [9.17, 15) is 0 Å². The Labute approximate surface area is 147 Å². The number of ether oxygens (including phenoxy) is 2. The third-order valence-corrected chi connectivity index (χ3v) is 3.57. The summed E-state index contributed by atoms with van der Waals surface area (Å²) in [6.45, 7) is 4.30. The van der Waals surface area contributed by atoms with Crippen molar-refractivity contribution in [2.75, 3.05) is 13.2 Å². The Balaban J connectivity index is 1.35. The molecule has 5 nitrogen and oxygen atoms in total. The number of aromatic nitrogens is 1. The van der Waals surface area contributed by atoms with Crippen LogP contribution in [0.25, 0.3) is 0 Å². The van der Waals surface area contributed by atoms with Crippen molar-refractivity contribution in [1.29, 1.82) is 0 Å². The molecule has 0 fully saturated rings. The highest BCUT2D eigenvalue weighted by molar-refractivity contribution is 5.21. The number of furan rings is 1. The number of hydrogen-bond acceptors (Lipinski definition) is 5. The molecule has 0 spiro atoms. The van der Waals surface area contributed by atoms with E-state index in [1.165, 1.54) is 0 Å². The predicted molar refractivity (Wildman–Crippen MR) is 95.7 cm³/mol. The summed E-state index contributed by atoms with van der Waals surface area (Å²) in [4.78, 5) is 4.31. The van der Waals surface area contributed by atoms with E-state index in [1.807, 2.05) is 67.7 Å². The molecule has 0 aliphatic heterocycles. The molecule has 1 aromatic carbocycles. The molecular weight excluding hydrogens is 316 g/mol. The van der Waals surface area contributed by atoms with E-state index in [2.05, 4.69) is 10.3 Å². The van der Waals surface area contributed by atoms with Gasteiger partial charge >= 0.3 is 0 Å². The molecule has 0 bridgehead atoms. The van der Waals surface area contributed by atoms with E-state index in [4.69, 9.17) is 13.9 Å². The Hall–Kier alpha value is -2.79. The molecule has 1 N–H and O–H groups in total. The zero-order valence-electron chi connectivity index (χ0n) is 14.3. The van der Waals surface area contributed by atoms with E-state index in [-0.39, 0.29) is 0 Å². The number of para-hydroxylation sites is 1. The van der Waals surface area contributed by atoms with E-state index >= 15 is 0 Å². The van der Waals surface area contributed by atoms with Gasteiger partial charge in [-0.25, -0.2) is 4.98 Å². The zero-order valence-corrected chi connectivity index (χ0v) is 14.3. The van der Waals surface area contributed by atoms with Crippen LogP contribution in [-0.2, 0) is 13.1 Å². The lowest BCUT2D eigenvalue weighted by atomic mass is 10.3. The summed E-state index contributed by atoms with van der Waals surface area (Å²) in [7, 11) is 0. The number of aryl methyl sites for hydroxylation is 1. The van der Waals surface area contributed by atoms with Crippen molar-refractivity contribution in [3.05, 3.63) is 77.9 Å². The van der Waals surface area contributed by atoms with E-state index < -0.39 is 0 Å². The summed E-state index contributed by atoms with van der Waals surface area (Å²) in [5.41, 5.74) is 1.09. The minimum absolute atomic E-state index is 0.456. The van der Waals surface area contributed by atoms with Crippen LogP contribution in [0.3, 0.4) is 0 Å². The molecule has 5 heteroatoms. The normalized spacial score (nSPS) is 10.6. The molecule has 0 saturated heterocycles. The minimum Gasteiger partial charge on any atom is -0.490 e. The van der Waals surface area contributed by atoms with Crippen molar-refractivity contribution in [3.8, 4) is 11.6 Å². The summed E-state index contributed by atoms with van der Waals surface area (Å²) in [6.07, 6.45) is 1.81. The molecule has 130 valence electrons. The average molecular weight is 338 g/mol. The van der Waals surface area contributed by atoms with E-state index in [0.717, 1.165) is 29.4 Å². The number of nitrogens with zero attached hydrogens (tertiary/aromatic N) is 1. The van der Waals surface area contributed by atoms with Crippen molar-refractivity contribution in [3.63, 3.8) is 0 Å². The lowest BCUT2D eigenvalue weighted by molar-refractivity contribution is 0.212. The standard InChI is InChI=1S/C20H22N2O3/c1-16-7-9-19(25-16)15-21-13-17-8-10-20(22-14-17)24-12-11-23-18-5-3-2-4-6-18/h2-10,14,21H,11-13,15H2,1H3. The second-order valence-corrected chi connectivity index (χ2v) is 5.63. The van der Waals surface area contributed by atoms with Gasteiger partial charge in [-0.05, 0) is 36.8 Å². The maximum Gasteiger partial charge on any atom is 0.213 e. The van der Waals surface area contributed by atoms with Crippen molar-refractivity contribution < 1.29 is 13.9 Å². The van der Waals surface area contributed by atoms with Gasteiger partial charge in [-0.1, -0.05) is 24.3 Å². The van der Waals surface area contributed by atoms with Crippen LogP contribution in [0.5, 0.6) is 11.6 Å². The van der Waals surface area contributed by atoms with Gasteiger partial charge in [0.25, 0.3) is 0 Å². The van der Waals surface area contributed by atoms with Gasteiger partial charge in [0.15, 0.2) is 0 Å². The van der Waals surface area contributed by atoms with Gasteiger partial charge in [-0.3, -0.25) is 0 Å². The van der Waals surface area contributed by atoms with Crippen molar-refractivity contribution in [1.82, 2.24) is 10.3 Å². The first-order valence-electron chi connectivity index (χ1n) is 8.31. The van der Waals surface area contributed by atoms with Crippen LogP contribution >= 0.6 is 0 Å². The minimum atomic E-state index is 0.456. The number of rotatable bonds is 9. The monoisotopic (exact) mass is 338 g/mol. The largest absolute Gasteiger partial charge is 0.490 e. The number of hydrogen-bond donors (Lipinski definition) is 1. The molecule has 0 saturated carbocycles. The van der Waals surface area contributed by atoms with Crippen molar-refractivity contribution in [2.24, 2.45) is 0 Å². The van der Waals surface area contributed by atoms with Gasteiger partial charge < -0.3 is 19.2 Å². The van der Waals surface area contributed by atoms with Crippen molar-refractivity contribution in [2.45, 2.75) is 20.0 Å². The first kappa shape index (κ1) is 17.0. The molecule has 0 aliphatic rings. The molecule has 3 aromatic rings. The molecular formula is C20H22N2O3. The van der Waals surface area contributed by atoms with Gasteiger partial charge in [0.05, 0.1) is 6.54 Å². The van der Waals surface area contributed by atoms with Crippen LogP contribution in [-0.4, -0.2) is 18.2 Å². The second-order valence-electron chi connectivity index (χ2n) is 5.63. The lowest BCUT2D eigenvalue weighted by Gasteiger charge is -2.08. The van der Waals surface area contributed by atoms with Crippen LogP contribution < -0.4 is 14.8 Å². The fourth-order valence-corrected chi connectivity index (χ4v) is 2.33. The molecule has 3 rings (SSSR count). The van der Waals surface area contributed by atoms with Crippen LogP contribution in [0.2, 0.25) is 0 Å². The first-order valence-corrected chi connectivity index (χ1v) is 8.31. The molecule has 0 aliphatic carbocycles. The third kappa shape index (κ3) is 5.65. The summed E-state index contributed by atoms with van der Waals surface area (Å²) < 4.78 is 16.7. The van der Waals surface area contributed by atoms with Crippen LogP contribution in [0.15, 0.2) is 65.2 Å². The summed E-state index contributed by atoms with van der Waals surface area (Å²) in [5.74, 6) is 3.30. The molecule has 0 unspecified atom stereocenters. The quantitative estimate of drug-likeness (QED) is 0.603. The molecule has 0 atom stereocenters. The number of nitrogens with one attached hydrogen (secondary N) is 1. The Bertz CT molecular complexity index is 754. The highest BCUT2D eigenvalue weighted by Gasteiger charge is 2.00. The summed E-state index contributed by atoms with van der Waals surface area (Å²) in [6, 6.07) is 17.5. The second kappa shape index (κ2) is 8.89. The van der Waals surface area contributed by atoms with E-state index in [0.29, 0.717) is 25.6 Å². The topological polar surface area (TPSA) is 56.5 Å². The highest BCUT2D eigenvalue weighted by atomic mass is 16.5. The third-order valence-electron chi connectivity index (χ3n) is 3.57. The SMILES string of the molecule is Cc1ccc(CNCc2ccc(OCCOc3ccccc3)nc2)o1. The molecule has 2 heterocycles. The van der Waals surface area contributed by atoms with Crippen molar-refractivity contribution >= 4 is 0 Å². The van der Waals surface area contributed by atoms with Crippen LogP contribution in [0.4, 0.5) is 0 Å². The molecule has 25 heavy (non-hydrogen) atoms. The van der Waals surface area contributed by atoms with Crippen LogP contribution in [0.1, 0.15) is 17.1 Å². The number of pyridine rings is 1. The maximum absolute atomic E-state index is 5.59. The highest BCUT2D eigenvalue weighted by Crippen LogP contribution is 2.10. The zero-order chi connectivity index (χ0) is 17.3. The van der Waals surface area contributed by atoms with E-state index in [1.54, 1.807) is 0 Å². The fourth-order valence-electron chi connectivity index (χ4n) is 2.33.